The molecule has 0 N–H and O–H groups in total. The summed E-state index contributed by atoms with van der Waals surface area (Å²) in [5.41, 5.74) is 0. The standard InChI is InChI=1S/C19H38O2S.Sn.2H/c1-16(2)12-8-6-10-14-19(5,22)18(20)21-15-11-7-9-13-17(3)4;;;/h16-17,22H,6-15H2,1-5H3;;;. The van der Waals surface area contributed by atoms with Crippen molar-refractivity contribution < 1.29 is 9.53 Å². The summed E-state index contributed by atoms with van der Waals surface area (Å²) >= 11 is 4.52. The van der Waals surface area contributed by atoms with Gasteiger partial charge in [-0.25, -0.2) is 0 Å². The number of esters is 1. The predicted molar refractivity (Wildman–Crippen MR) is 108 cm³/mol. The SMILES string of the molecule is CC(C)CCCCCOC(=O)C(C)(S)CCCCCC(C)C.[SnH2]. The first-order valence-electron chi connectivity index (χ1n) is 9.15. The number of hydrogen-bond acceptors (Lipinski definition) is 3. The molecule has 0 saturated heterocycles. The van der Waals surface area contributed by atoms with E-state index in [2.05, 4.69) is 40.3 Å². The van der Waals surface area contributed by atoms with Crippen LogP contribution in [0.4, 0.5) is 0 Å². The van der Waals surface area contributed by atoms with Crippen molar-refractivity contribution in [1.82, 2.24) is 0 Å². The summed E-state index contributed by atoms with van der Waals surface area (Å²) in [5, 5.41) is 0. The maximum absolute atomic E-state index is 12.1. The molecule has 0 saturated carbocycles. The molecule has 0 amide bonds. The average molecular weight is 451 g/mol. The molecule has 0 spiro atoms. The van der Waals surface area contributed by atoms with Gasteiger partial charge in [0.15, 0.2) is 0 Å². The third-order valence-corrected chi connectivity index (χ3v) is 4.45. The number of carbonyl (C=O) groups excluding carboxylic acids is 1. The predicted octanol–water partition coefficient (Wildman–Crippen LogP) is 5.12. The van der Waals surface area contributed by atoms with Gasteiger partial charge in [0.05, 0.1) is 6.61 Å². The second-order valence-corrected chi connectivity index (χ2v) is 8.63. The Hall–Kier alpha value is 0.619. The van der Waals surface area contributed by atoms with Crippen molar-refractivity contribution in [2.24, 2.45) is 11.8 Å². The van der Waals surface area contributed by atoms with Crippen molar-refractivity contribution in [2.45, 2.75) is 97.2 Å². The van der Waals surface area contributed by atoms with Gasteiger partial charge >= 0.3 is 29.9 Å². The summed E-state index contributed by atoms with van der Waals surface area (Å²) in [7, 11) is 0. The van der Waals surface area contributed by atoms with Crippen LogP contribution in [0, 0.1) is 11.8 Å². The fourth-order valence-corrected chi connectivity index (χ4v) is 2.68. The van der Waals surface area contributed by atoms with E-state index in [1.807, 2.05) is 6.92 Å². The van der Waals surface area contributed by atoms with Crippen LogP contribution in [0.1, 0.15) is 92.4 Å². The maximum atomic E-state index is 12.1. The van der Waals surface area contributed by atoms with Crippen molar-refractivity contribution in [1.29, 1.82) is 0 Å². The molecule has 1 unspecified atom stereocenters. The van der Waals surface area contributed by atoms with Gasteiger partial charge in [-0.3, -0.25) is 4.79 Å². The Morgan fingerprint density at radius 1 is 0.913 bits per heavy atom. The average Bonchev–Trinajstić information content (AvgIpc) is 2.41. The van der Waals surface area contributed by atoms with E-state index in [9.17, 15) is 4.79 Å². The number of unbranched alkanes of at least 4 members (excludes halogenated alkanes) is 4. The van der Waals surface area contributed by atoms with E-state index in [0.717, 1.165) is 37.5 Å². The van der Waals surface area contributed by atoms with Crippen LogP contribution in [-0.4, -0.2) is 41.2 Å². The molecule has 23 heavy (non-hydrogen) atoms. The summed E-state index contributed by atoms with van der Waals surface area (Å²) in [6.07, 6.45) is 10.1. The van der Waals surface area contributed by atoms with Gasteiger partial charge in [-0.05, 0) is 31.6 Å². The van der Waals surface area contributed by atoms with Gasteiger partial charge in [-0.2, -0.15) is 12.6 Å². The fourth-order valence-electron chi connectivity index (χ4n) is 2.45. The van der Waals surface area contributed by atoms with E-state index in [1.165, 1.54) is 32.1 Å². The number of hydrogen-bond donors (Lipinski definition) is 1. The Labute approximate surface area is 167 Å². The zero-order chi connectivity index (χ0) is 17.0. The molecule has 0 heterocycles. The summed E-state index contributed by atoms with van der Waals surface area (Å²) < 4.78 is 4.76. The summed E-state index contributed by atoms with van der Waals surface area (Å²) in [4.78, 5) is 12.1. The molecule has 0 aromatic carbocycles. The molecule has 4 heteroatoms. The van der Waals surface area contributed by atoms with Gasteiger partial charge < -0.3 is 4.74 Å². The van der Waals surface area contributed by atoms with E-state index in [4.69, 9.17) is 4.74 Å². The zero-order valence-corrected chi connectivity index (χ0v) is 21.1. The Morgan fingerprint density at radius 3 is 1.87 bits per heavy atom. The minimum absolute atomic E-state index is 0. The van der Waals surface area contributed by atoms with Gasteiger partial charge in [-0.1, -0.05) is 72.6 Å². The van der Waals surface area contributed by atoms with E-state index >= 15 is 0 Å². The number of rotatable bonds is 13. The molecular formula is C19H40O2SSn. The van der Waals surface area contributed by atoms with E-state index in [1.54, 1.807) is 0 Å². The normalized spacial score (nSPS) is 13.7. The van der Waals surface area contributed by atoms with Crippen molar-refractivity contribution in [3.63, 3.8) is 0 Å². The van der Waals surface area contributed by atoms with Crippen molar-refractivity contribution in [3.8, 4) is 0 Å². The van der Waals surface area contributed by atoms with Gasteiger partial charge in [0, 0.05) is 0 Å². The van der Waals surface area contributed by atoms with Crippen LogP contribution in [0.25, 0.3) is 0 Å². The quantitative estimate of drug-likeness (QED) is 0.182. The molecule has 2 radical (unpaired) electrons. The van der Waals surface area contributed by atoms with Crippen LogP contribution in [0.2, 0.25) is 0 Å². The molecule has 0 bridgehead atoms. The third kappa shape index (κ3) is 15.9. The van der Waals surface area contributed by atoms with Crippen molar-refractivity contribution >= 4 is 42.5 Å². The molecule has 0 fully saturated rings. The topological polar surface area (TPSA) is 26.3 Å². The Bertz CT molecular complexity index is 291. The summed E-state index contributed by atoms with van der Waals surface area (Å²) in [5.74, 6) is 1.38. The molecule has 0 aromatic heterocycles. The Kier molecular flexibility index (Phi) is 16.8. The number of thiol groups is 1. The first-order valence-corrected chi connectivity index (χ1v) is 9.60. The van der Waals surface area contributed by atoms with Gasteiger partial charge in [0.2, 0.25) is 0 Å². The van der Waals surface area contributed by atoms with Crippen molar-refractivity contribution in [3.05, 3.63) is 0 Å². The molecule has 2 nitrogen and oxygen atoms in total. The number of ether oxygens (including phenoxy) is 1. The zero-order valence-electron chi connectivity index (χ0n) is 16.2. The molecule has 0 aliphatic carbocycles. The summed E-state index contributed by atoms with van der Waals surface area (Å²) in [6, 6.07) is 0. The van der Waals surface area contributed by atoms with Gasteiger partial charge in [-0.15, -0.1) is 0 Å². The number of carbonyl (C=O) groups is 1. The minimum atomic E-state index is -0.629. The molecule has 138 valence electrons. The van der Waals surface area contributed by atoms with Crippen LogP contribution < -0.4 is 0 Å². The molecule has 0 aromatic rings. The van der Waals surface area contributed by atoms with E-state index < -0.39 is 4.75 Å². The van der Waals surface area contributed by atoms with E-state index in [-0.39, 0.29) is 29.9 Å². The molecule has 0 aliphatic rings. The van der Waals surface area contributed by atoms with E-state index in [0.29, 0.717) is 6.61 Å². The van der Waals surface area contributed by atoms with Crippen LogP contribution >= 0.6 is 12.6 Å². The summed E-state index contributed by atoms with van der Waals surface area (Å²) in [6.45, 7) is 11.4. The van der Waals surface area contributed by atoms with Crippen molar-refractivity contribution in [2.75, 3.05) is 6.61 Å². The van der Waals surface area contributed by atoms with Crippen LogP contribution in [0.3, 0.4) is 0 Å². The Morgan fingerprint density at radius 2 is 1.39 bits per heavy atom. The van der Waals surface area contributed by atoms with Crippen LogP contribution in [0.5, 0.6) is 0 Å². The first kappa shape index (κ1) is 25.9. The molecule has 1 atom stereocenters. The molecular weight excluding hydrogens is 411 g/mol. The molecule has 0 aliphatic heterocycles. The second-order valence-electron chi connectivity index (χ2n) is 7.65. The first-order chi connectivity index (χ1) is 10.3. The second kappa shape index (κ2) is 14.9. The Balaban J connectivity index is 0. The van der Waals surface area contributed by atoms with Crippen LogP contribution in [0.15, 0.2) is 0 Å². The molecule has 0 rings (SSSR count). The fraction of sp³-hybridized carbons (Fsp3) is 0.947. The van der Waals surface area contributed by atoms with Crippen LogP contribution in [-0.2, 0) is 9.53 Å². The van der Waals surface area contributed by atoms with Gasteiger partial charge in [0.1, 0.15) is 4.75 Å². The van der Waals surface area contributed by atoms with Gasteiger partial charge in [0.25, 0.3) is 0 Å². The third-order valence-electron chi connectivity index (χ3n) is 4.04. The monoisotopic (exact) mass is 452 g/mol.